The molecule has 0 radical (unpaired) electrons. The molecule has 0 bridgehead atoms. The lowest BCUT2D eigenvalue weighted by molar-refractivity contribution is 0.493. The summed E-state index contributed by atoms with van der Waals surface area (Å²) in [4.78, 5) is 0. The standard InChI is InChI=1S/C18H15ClFNO.ClH/c19-17-4-2-1-3-16(17)18-10-9-15(22-18)12-21-11-13-5-7-14(20)8-6-13;/h1-10,21H,11-12H2;1H. The van der Waals surface area contributed by atoms with E-state index in [9.17, 15) is 4.39 Å². The van der Waals surface area contributed by atoms with Crippen LogP contribution in [0.2, 0.25) is 5.02 Å². The van der Waals surface area contributed by atoms with Crippen molar-refractivity contribution in [3.63, 3.8) is 0 Å². The fourth-order valence-corrected chi connectivity index (χ4v) is 2.44. The Morgan fingerprint density at radius 2 is 1.65 bits per heavy atom. The molecule has 23 heavy (non-hydrogen) atoms. The van der Waals surface area contributed by atoms with E-state index in [4.69, 9.17) is 16.0 Å². The topological polar surface area (TPSA) is 25.2 Å². The van der Waals surface area contributed by atoms with Crippen LogP contribution in [0.25, 0.3) is 11.3 Å². The van der Waals surface area contributed by atoms with Gasteiger partial charge >= 0.3 is 0 Å². The van der Waals surface area contributed by atoms with E-state index >= 15 is 0 Å². The average molecular weight is 352 g/mol. The number of furan rings is 1. The van der Waals surface area contributed by atoms with Gasteiger partial charge in [-0.15, -0.1) is 12.4 Å². The minimum atomic E-state index is -0.223. The number of rotatable bonds is 5. The Hall–Kier alpha value is -1.81. The van der Waals surface area contributed by atoms with Crippen LogP contribution < -0.4 is 5.32 Å². The molecule has 0 amide bonds. The highest BCUT2D eigenvalue weighted by Crippen LogP contribution is 2.28. The summed E-state index contributed by atoms with van der Waals surface area (Å²) in [5.41, 5.74) is 1.91. The van der Waals surface area contributed by atoms with Crippen LogP contribution in [-0.4, -0.2) is 0 Å². The molecule has 3 aromatic rings. The van der Waals surface area contributed by atoms with Crippen LogP contribution >= 0.6 is 24.0 Å². The number of halogens is 3. The molecule has 3 rings (SSSR count). The largest absolute Gasteiger partial charge is 0.460 e. The molecular formula is C18H16Cl2FNO. The predicted octanol–water partition coefficient (Wildman–Crippen LogP) is 5.45. The molecule has 0 aliphatic rings. The van der Waals surface area contributed by atoms with Gasteiger partial charge in [0, 0.05) is 12.1 Å². The first kappa shape index (κ1) is 17.5. The van der Waals surface area contributed by atoms with Gasteiger partial charge in [0.25, 0.3) is 0 Å². The van der Waals surface area contributed by atoms with E-state index in [2.05, 4.69) is 5.32 Å². The summed E-state index contributed by atoms with van der Waals surface area (Å²) in [5, 5.41) is 3.94. The first-order chi connectivity index (χ1) is 10.7. The molecule has 0 unspecified atom stereocenters. The molecule has 2 nitrogen and oxygen atoms in total. The predicted molar refractivity (Wildman–Crippen MR) is 93.3 cm³/mol. The van der Waals surface area contributed by atoms with Crippen molar-refractivity contribution in [2.45, 2.75) is 13.1 Å². The molecule has 0 spiro atoms. The summed E-state index contributed by atoms with van der Waals surface area (Å²) in [5.74, 6) is 1.36. The van der Waals surface area contributed by atoms with Crippen molar-refractivity contribution < 1.29 is 8.81 Å². The van der Waals surface area contributed by atoms with Gasteiger partial charge in [-0.05, 0) is 42.0 Å². The maximum atomic E-state index is 12.8. The average Bonchev–Trinajstić information content (AvgIpc) is 2.98. The number of hydrogen-bond acceptors (Lipinski definition) is 2. The summed E-state index contributed by atoms with van der Waals surface area (Å²) in [6, 6.07) is 17.9. The molecule has 1 N–H and O–H groups in total. The quantitative estimate of drug-likeness (QED) is 0.660. The third kappa shape index (κ3) is 4.58. The molecule has 0 saturated heterocycles. The Labute approximate surface area is 145 Å². The van der Waals surface area contributed by atoms with E-state index in [1.54, 1.807) is 12.1 Å². The van der Waals surface area contributed by atoms with Crippen molar-refractivity contribution in [3.05, 3.63) is 82.8 Å². The van der Waals surface area contributed by atoms with Gasteiger partial charge in [-0.25, -0.2) is 4.39 Å². The molecule has 5 heteroatoms. The second-order valence-electron chi connectivity index (χ2n) is 4.98. The minimum Gasteiger partial charge on any atom is -0.460 e. The second kappa shape index (κ2) is 8.16. The van der Waals surface area contributed by atoms with Crippen LogP contribution in [0.5, 0.6) is 0 Å². The first-order valence-corrected chi connectivity index (χ1v) is 7.39. The molecule has 120 valence electrons. The fourth-order valence-electron chi connectivity index (χ4n) is 2.21. The van der Waals surface area contributed by atoms with Gasteiger partial charge < -0.3 is 9.73 Å². The van der Waals surface area contributed by atoms with E-state index < -0.39 is 0 Å². The van der Waals surface area contributed by atoms with Crippen LogP contribution in [-0.2, 0) is 13.1 Å². The van der Waals surface area contributed by atoms with E-state index in [-0.39, 0.29) is 18.2 Å². The molecule has 1 aromatic heterocycles. The summed E-state index contributed by atoms with van der Waals surface area (Å²) in [6.07, 6.45) is 0. The molecule has 0 aliphatic heterocycles. The molecule has 0 aliphatic carbocycles. The molecule has 0 fully saturated rings. The number of hydrogen-bond donors (Lipinski definition) is 1. The van der Waals surface area contributed by atoms with Gasteiger partial charge in [-0.3, -0.25) is 0 Å². The highest BCUT2D eigenvalue weighted by molar-refractivity contribution is 6.33. The first-order valence-electron chi connectivity index (χ1n) is 7.01. The van der Waals surface area contributed by atoms with Gasteiger partial charge in [0.05, 0.1) is 11.6 Å². The van der Waals surface area contributed by atoms with Crippen molar-refractivity contribution in [2.24, 2.45) is 0 Å². The molecule has 2 aromatic carbocycles. The van der Waals surface area contributed by atoms with Gasteiger partial charge in [-0.2, -0.15) is 0 Å². The molecule has 1 heterocycles. The Bertz CT molecular complexity index is 756. The SMILES string of the molecule is Cl.Fc1ccc(CNCc2ccc(-c3ccccc3Cl)o2)cc1. The zero-order valence-electron chi connectivity index (χ0n) is 12.3. The van der Waals surface area contributed by atoms with Crippen molar-refractivity contribution >= 4 is 24.0 Å². The van der Waals surface area contributed by atoms with Crippen molar-refractivity contribution in [3.8, 4) is 11.3 Å². The minimum absolute atomic E-state index is 0. The van der Waals surface area contributed by atoms with E-state index in [1.165, 1.54) is 12.1 Å². The maximum absolute atomic E-state index is 12.8. The van der Waals surface area contributed by atoms with Crippen LogP contribution in [0.1, 0.15) is 11.3 Å². The van der Waals surface area contributed by atoms with Gasteiger partial charge in [0.1, 0.15) is 17.3 Å². The van der Waals surface area contributed by atoms with Gasteiger partial charge in [-0.1, -0.05) is 35.9 Å². The number of nitrogens with one attached hydrogen (secondary N) is 1. The summed E-state index contributed by atoms with van der Waals surface area (Å²) < 4.78 is 18.6. The molecule has 0 saturated carbocycles. The summed E-state index contributed by atoms with van der Waals surface area (Å²) in [6.45, 7) is 1.25. The van der Waals surface area contributed by atoms with Gasteiger partial charge in [0.15, 0.2) is 0 Å². The zero-order valence-corrected chi connectivity index (χ0v) is 13.8. The highest BCUT2D eigenvalue weighted by Gasteiger charge is 2.07. The maximum Gasteiger partial charge on any atom is 0.135 e. The van der Waals surface area contributed by atoms with Crippen molar-refractivity contribution in [1.29, 1.82) is 0 Å². The second-order valence-corrected chi connectivity index (χ2v) is 5.38. The third-order valence-corrected chi connectivity index (χ3v) is 3.67. The highest BCUT2D eigenvalue weighted by atomic mass is 35.5. The van der Waals surface area contributed by atoms with E-state index in [0.29, 0.717) is 18.1 Å². The lowest BCUT2D eigenvalue weighted by Crippen LogP contribution is -2.11. The van der Waals surface area contributed by atoms with Crippen molar-refractivity contribution in [2.75, 3.05) is 0 Å². The normalized spacial score (nSPS) is 10.3. The lowest BCUT2D eigenvalue weighted by Gasteiger charge is -2.03. The molecular weight excluding hydrogens is 336 g/mol. The van der Waals surface area contributed by atoms with E-state index in [0.717, 1.165) is 22.6 Å². The van der Waals surface area contributed by atoms with Crippen molar-refractivity contribution in [1.82, 2.24) is 5.32 Å². The summed E-state index contributed by atoms with van der Waals surface area (Å²) in [7, 11) is 0. The third-order valence-electron chi connectivity index (χ3n) is 3.34. The Kier molecular flexibility index (Phi) is 6.22. The smallest absolute Gasteiger partial charge is 0.135 e. The van der Waals surface area contributed by atoms with Gasteiger partial charge in [0.2, 0.25) is 0 Å². The zero-order chi connectivity index (χ0) is 15.4. The van der Waals surface area contributed by atoms with Crippen LogP contribution in [0.15, 0.2) is 65.1 Å². The lowest BCUT2D eigenvalue weighted by atomic mass is 10.2. The van der Waals surface area contributed by atoms with Crippen LogP contribution in [0.3, 0.4) is 0 Å². The fraction of sp³-hybridized carbons (Fsp3) is 0.111. The Balaban J connectivity index is 0.00000192. The molecule has 0 atom stereocenters. The Morgan fingerprint density at radius 1 is 0.913 bits per heavy atom. The van der Waals surface area contributed by atoms with Crippen LogP contribution in [0.4, 0.5) is 4.39 Å². The summed E-state index contributed by atoms with van der Waals surface area (Å²) >= 11 is 6.16. The van der Waals surface area contributed by atoms with E-state index in [1.807, 2.05) is 36.4 Å². The monoisotopic (exact) mass is 351 g/mol. The number of benzene rings is 2. The van der Waals surface area contributed by atoms with Crippen LogP contribution in [0, 0.1) is 5.82 Å². The Morgan fingerprint density at radius 3 is 2.39 bits per heavy atom.